The van der Waals surface area contributed by atoms with Crippen LogP contribution in [0.4, 0.5) is 5.69 Å². The predicted molar refractivity (Wildman–Crippen MR) is 70.2 cm³/mol. The van der Waals surface area contributed by atoms with Crippen molar-refractivity contribution in [2.75, 3.05) is 27.4 Å². The number of carbonyl (C=O) groups is 2. The lowest BCUT2D eigenvalue weighted by atomic mass is 10.3. The number of hydrogen-bond donors (Lipinski definition) is 1. The summed E-state index contributed by atoms with van der Waals surface area (Å²) in [5.41, 5.74) is -0.194. The number of ether oxygens (including phenoxy) is 3. The zero-order valence-electron chi connectivity index (χ0n) is 11.5. The SMILES string of the molecule is COC(=O)CNC(=O)COc1cc([N+](=O)[O-])ccc1OC. The van der Waals surface area contributed by atoms with Crippen LogP contribution < -0.4 is 14.8 Å². The minimum Gasteiger partial charge on any atom is -0.493 e. The summed E-state index contributed by atoms with van der Waals surface area (Å²) in [4.78, 5) is 32.4. The highest BCUT2D eigenvalue weighted by molar-refractivity contribution is 5.82. The molecule has 1 aromatic rings. The van der Waals surface area contributed by atoms with Crippen molar-refractivity contribution >= 4 is 17.6 Å². The van der Waals surface area contributed by atoms with E-state index in [1.807, 2.05) is 0 Å². The van der Waals surface area contributed by atoms with Crippen LogP contribution in [0.15, 0.2) is 18.2 Å². The number of nitro benzene ring substituents is 1. The molecular formula is C12H14N2O7. The maximum atomic E-state index is 11.4. The number of non-ortho nitro benzene ring substituents is 1. The molecule has 0 bridgehead atoms. The molecule has 0 fully saturated rings. The fourth-order valence-electron chi connectivity index (χ4n) is 1.33. The molecule has 9 heteroatoms. The van der Waals surface area contributed by atoms with Crippen molar-refractivity contribution in [3.63, 3.8) is 0 Å². The Morgan fingerprint density at radius 1 is 1.29 bits per heavy atom. The first-order valence-corrected chi connectivity index (χ1v) is 5.76. The van der Waals surface area contributed by atoms with E-state index >= 15 is 0 Å². The molecule has 0 saturated carbocycles. The maximum Gasteiger partial charge on any atom is 0.325 e. The molecule has 21 heavy (non-hydrogen) atoms. The molecular weight excluding hydrogens is 284 g/mol. The third-order valence-corrected chi connectivity index (χ3v) is 2.37. The number of amides is 1. The second-order valence-corrected chi connectivity index (χ2v) is 3.73. The lowest BCUT2D eigenvalue weighted by molar-refractivity contribution is -0.385. The maximum absolute atomic E-state index is 11.4. The second kappa shape index (κ2) is 7.68. The van der Waals surface area contributed by atoms with Crippen LogP contribution in [-0.2, 0) is 14.3 Å². The lowest BCUT2D eigenvalue weighted by Crippen LogP contribution is -2.33. The molecule has 0 aliphatic heterocycles. The van der Waals surface area contributed by atoms with Crippen molar-refractivity contribution in [3.8, 4) is 11.5 Å². The number of nitro groups is 1. The van der Waals surface area contributed by atoms with Crippen molar-refractivity contribution in [1.82, 2.24) is 5.32 Å². The fourth-order valence-corrected chi connectivity index (χ4v) is 1.33. The summed E-state index contributed by atoms with van der Waals surface area (Å²) in [6.07, 6.45) is 0. The molecule has 0 aliphatic rings. The smallest absolute Gasteiger partial charge is 0.325 e. The molecule has 114 valence electrons. The predicted octanol–water partition coefficient (Wildman–Crippen LogP) is 0.271. The average Bonchev–Trinajstić information content (AvgIpc) is 2.49. The van der Waals surface area contributed by atoms with Gasteiger partial charge in [-0.15, -0.1) is 0 Å². The molecule has 0 spiro atoms. The molecule has 9 nitrogen and oxygen atoms in total. The Hall–Kier alpha value is -2.84. The van der Waals surface area contributed by atoms with E-state index in [0.29, 0.717) is 0 Å². The Morgan fingerprint density at radius 3 is 2.57 bits per heavy atom. The van der Waals surface area contributed by atoms with Gasteiger partial charge in [0.1, 0.15) is 6.54 Å². The quantitative estimate of drug-likeness (QED) is 0.436. The van der Waals surface area contributed by atoms with Gasteiger partial charge < -0.3 is 19.5 Å². The lowest BCUT2D eigenvalue weighted by Gasteiger charge is -2.10. The second-order valence-electron chi connectivity index (χ2n) is 3.73. The van der Waals surface area contributed by atoms with Gasteiger partial charge >= 0.3 is 5.97 Å². The molecule has 0 unspecified atom stereocenters. The van der Waals surface area contributed by atoms with Gasteiger partial charge in [0, 0.05) is 6.07 Å². The summed E-state index contributed by atoms with van der Waals surface area (Å²) in [6.45, 7) is -0.709. The molecule has 0 heterocycles. The zero-order chi connectivity index (χ0) is 15.8. The summed E-state index contributed by atoms with van der Waals surface area (Å²) < 4.78 is 14.5. The number of hydrogen-bond acceptors (Lipinski definition) is 7. The highest BCUT2D eigenvalue weighted by Gasteiger charge is 2.14. The minimum atomic E-state index is -0.601. The summed E-state index contributed by atoms with van der Waals surface area (Å²) in [7, 11) is 2.56. The van der Waals surface area contributed by atoms with E-state index < -0.39 is 23.4 Å². The van der Waals surface area contributed by atoms with Gasteiger partial charge in [-0.05, 0) is 6.07 Å². The Morgan fingerprint density at radius 2 is 2.00 bits per heavy atom. The Labute approximate surface area is 119 Å². The Balaban J connectivity index is 2.65. The van der Waals surface area contributed by atoms with E-state index in [9.17, 15) is 19.7 Å². The van der Waals surface area contributed by atoms with E-state index in [-0.39, 0.29) is 23.7 Å². The van der Waals surface area contributed by atoms with Crippen LogP contribution in [0.1, 0.15) is 0 Å². The zero-order valence-corrected chi connectivity index (χ0v) is 11.5. The van der Waals surface area contributed by atoms with Crippen LogP contribution in [-0.4, -0.2) is 44.2 Å². The molecule has 1 aromatic carbocycles. The molecule has 1 N–H and O–H groups in total. The molecule has 1 amide bonds. The molecule has 0 aromatic heterocycles. The van der Waals surface area contributed by atoms with Gasteiger partial charge in [0.15, 0.2) is 18.1 Å². The van der Waals surface area contributed by atoms with Crippen LogP contribution >= 0.6 is 0 Å². The number of methoxy groups -OCH3 is 2. The largest absolute Gasteiger partial charge is 0.493 e. The summed E-state index contributed by atoms with van der Waals surface area (Å²) in [6, 6.07) is 3.76. The first-order valence-electron chi connectivity index (χ1n) is 5.76. The van der Waals surface area contributed by atoms with E-state index in [1.54, 1.807) is 0 Å². The number of nitrogens with one attached hydrogen (secondary N) is 1. The van der Waals surface area contributed by atoms with Crippen LogP contribution in [0.2, 0.25) is 0 Å². The highest BCUT2D eigenvalue weighted by atomic mass is 16.6. The van der Waals surface area contributed by atoms with Crippen molar-refractivity contribution in [2.45, 2.75) is 0 Å². The number of carbonyl (C=O) groups excluding carboxylic acids is 2. The Bertz CT molecular complexity index is 544. The summed E-state index contributed by atoms with van der Waals surface area (Å²) in [5.74, 6) is -0.869. The minimum absolute atomic E-state index is 0.0555. The van der Waals surface area contributed by atoms with Crippen LogP contribution in [0.25, 0.3) is 0 Å². The van der Waals surface area contributed by atoms with Crippen LogP contribution in [0.5, 0.6) is 11.5 Å². The van der Waals surface area contributed by atoms with Crippen molar-refractivity contribution < 1.29 is 28.7 Å². The van der Waals surface area contributed by atoms with Gasteiger partial charge in [-0.1, -0.05) is 0 Å². The van der Waals surface area contributed by atoms with Gasteiger partial charge in [0.25, 0.3) is 11.6 Å². The van der Waals surface area contributed by atoms with Crippen LogP contribution in [0, 0.1) is 10.1 Å². The van der Waals surface area contributed by atoms with Gasteiger partial charge in [-0.2, -0.15) is 0 Å². The van der Waals surface area contributed by atoms with Gasteiger partial charge in [-0.25, -0.2) is 0 Å². The van der Waals surface area contributed by atoms with Gasteiger partial charge in [-0.3, -0.25) is 19.7 Å². The molecule has 0 aliphatic carbocycles. The van der Waals surface area contributed by atoms with E-state index in [4.69, 9.17) is 9.47 Å². The highest BCUT2D eigenvalue weighted by Crippen LogP contribution is 2.30. The molecule has 0 saturated heterocycles. The third kappa shape index (κ3) is 4.97. The molecule has 0 radical (unpaired) electrons. The number of esters is 1. The van der Waals surface area contributed by atoms with Crippen LogP contribution in [0.3, 0.4) is 0 Å². The van der Waals surface area contributed by atoms with Gasteiger partial charge in [0.2, 0.25) is 0 Å². The van der Waals surface area contributed by atoms with Crippen molar-refractivity contribution in [2.24, 2.45) is 0 Å². The van der Waals surface area contributed by atoms with E-state index in [2.05, 4.69) is 10.1 Å². The van der Waals surface area contributed by atoms with E-state index in [0.717, 1.165) is 6.07 Å². The number of rotatable bonds is 7. The third-order valence-electron chi connectivity index (χ3n) is 2.37. The fraction of sp³-hybridized carbons (Fsp3) is 0.333. The normalized spacial score (nSPS) is 9.62. The van der Waals surface area contributed by atoms with E-state index in [1.165, 1.54) is 26.4 Å². The summed E-state index contributed by atoms with van der Waals surface area (Å²) in [5, 5.41) is 12.9. The molecule has 0 atom stereocenters. The number of benzene rings is 1. The Kier molecular flexibility index (Phi) is 5.93. The topological polar surface area (TPSA) is 117 Å². The molecule has 1 rings (SSSR count). The van der Waals surface area contributed by atoms with Crippen molar-refractivity contribution in [3.05, 3.63) is 28.3 Å². The monoisotopic (exact) mass is 298 g/mol. The van der Waals surface area contributed by atoms with Gasteiger partial charge in [0.05, 0.1) is 25.2 Å². The summed E-state index contributed by atoms with van der Waals surface area (Å²) >= 11 is 0. The first-order chi connectivity index (χ1) is 9.97. The first kappa shape index (κ1) is 16.2. The van der Waals surface area contributed by atoms with Crippen molar-refractivity contribution in [1.29, 1.82) is 0 Å². The average molecular weight is 298 g/mol. The number of nitrogens with zero attached hydrogens (tertiary/aromatic N) is 1. The standard InChI is InChI=1S/C12H14N2O7/c1-19-9-4-3-8(14(17)18)5-10(9)21-7-11(15)13-6-12(16)20-2/h3-5H,6-7H2,1-2H3,(H,13,15).